The Morgan fingerprint density at radius 1 is 1.43 bits per heavy atom. The van der Waals surface area contributed by atoms with Crippen LogP contribution in [0.3, 0.4) is 0 Å². The smallest absolute Gasteiger partial charge is 0.337 e. The number of benzene rings is 1. The highest BCUT2D eigenvalue weighted by molar-refractivity contribution is 9.10. The topological polar surface area (TPSA) is 75.6 Å². The van der Waals surface area contributed by atoms with Gasteiger partial charge in [-0.05, 0) is 43.9 Å². The van der Waals surface area contributed by atoms with Crippen molar-refractivity contribution in [2.75, 3.05) is 11.9 Å². The highest BCUT2D eigenvalue weighted by atomic mass is 79.9. The normalized spacial score (nSPS) is 20.7. The van der Waals surface area contributed by atoms with Gasteiger partial charge in [0.25, 0.3) is 0 Å². The molecule has 1 aromatic carbocycles. The van der Waals surface area contributed by atoms with Gasteiger partial charge >= 0.3 is 5.97 Å². The first-order valence-electron chi connectivity index (χ1n) is 6.94. The largest absolute Gasteiger partial charge is 0.478 e. The van der Waals surface area contributed by atoms with Gasteiger partial charge in [-0.15, -0.1) is 0 Å². The second-order valence-corrected chi connectivity index (χ2v) is 6.08. The van der Waals surface area contributed by atoms with Crippen molar-refractivity contribution in [2.24, 2.45) is 5.92 Å². The number of rotatable bonds is 6. The molecule has 0 aromatic heterocycles. The Morgan fingerprint density at radius 2 is 2.14 bits per heavy atom. The average Bonchev–Trinajstić information content (AvgIpc) is 2.38. The predicted octanol–water partition coefficient (Wildman–Crippen LogP) is 3.29. The lowest BCUT2D eigenvalue weighted by atomic mass is 9.80. The Kier molecular flexibility index (Phi) is 5.36. The molecule has 0 unspecified atom stereocenters. The summed E-state index contributed by atoms with van der Waals surface area (Å²) in [4.78, 5) is 23.2. The van der Waals surface area contributed by atoms with Gasteiger partial charge in [0.15, 0.2) is 0 Å². The maximum Gasteiger partial charge on any atom is 0.337 e. The van der Waals surface area contributed by atoms with E-state index in [1.54, 1.807) is 12.1 Å². The quantitative estimate of drug-likeness (QED) is 0.820. The fraction of sp³-hybridized carbons (Fsp3) is 0.467. The summed E-state index contributed by atoms with van der Waals surface area (Å²) in [6, 6.07) is 4.78. The molecule has 0 bridgehead atoms. The van der Waals surface area contributed by atoms with Gasteiger partial charge < -0.3 is 15.2 Å². The van der Waals surface area contributed by atoms with Crippen LogP contribution in [-0.4, -0.2) is 29.7 Å². The second-order valence-electron chi connectivity index (χ2n) is 5.16. The molecule has 0 atom stereocenters. The number of carbonyl (C=O) groups is 2. The van der Waals surface area contributed by atoms with Gasteiger partial charge in [0.2, 0.25) is 5.91 Å². The van der Waals surface area contributed by atoms with E-state index in [1.165, 1.54) is 6.07 Å². The van der Waals surface area contributed by atoms with E-state index in [0.29, 0.717) is 29.1 Å². The number of aromatic carboxylic acids is 1. The second kappa shape index (κ2) is 7.04. The number of carboxylic acids is 1. The van der Waals surface area contributed by atoms with Gasteiger partial charge in [0.05, 0.1) is 17.4 Å². The number of anilines is 1. The minimum Gasteiger partial charge on any atom is -0.478 e. The van der Waals surface area contributed by atoms with Crippen molar-refractivity contribution in [3.63, 3.8) is 0 Å². The molecule has 1 saturated carbocycles. The van der Waals surface area contributed by atoms with Crippen molar-refractivity contribution in [3.05, 3.63) is 28.2 Å². The first-order valence-corrected chi connectivity index (χ1v) is 7.73. The van der Waals surface area contributed by atoms with E-state index in [-0.39, 0.29) is 17.6 Å². The number of hydrogen-bond acceptors (Lipinski definition) is 3. The summed E-state index contributed by atoms with van der Waals surface area (Å²) in [5.41, 5.74) is 0.412. The van der Waals surface area contributed by atoms with E-state index in [0.717, 1.165) is 12.8 Å². The fourth-order valence-electron chi connectivity index (χ4n) is 2.48. The standard InChI is InChI=1S/C15H18BrNO4/c1-2-21-11-5-9(6-11)7-14(18)17-13-4-3-10(16)8-12(13)15(19)20/h3-4,8-9,11H,2,5-7H2,1H3,(H,17,18)(H,19,20). The number of hydrogen-bond donors (Lipinski definition) is 2. The molecular formula is C15H18BrNO4. The molecule has 2 rings (SSSR count). The number of carbonyl (C=O) groups excluding carboxylic acids is 1. The molecule has 1 amide bonds. The molecule has 0 heterocycles. The van der Waals surface area contributed by atoms with Crippen LogP contribution in [-0.2, 0) is 9.53 Å². The lowest BCUT2D eigenvalue weighted by Gasteiger charge is -2.34. The van der Waals surface area contributed by atoms with Crippen LogP contribution in [0, 0.1) is 5.92 Å². The van der Waals surface area contributed by atoms with E-state index < -0.39 is 5.97 Å². The monoisotopic (exact) mass is 355 g/mol. The Bertz CT molecular complexity index is 540. The summed E-state index contributed by atoms with van der Waals surface area (Å²) in [7, 11) is 0. The van der Waals surface area contributed by atoms with Gasteiger partial charge in [-0.1, -0.05) is 15.9 Å². The molecule has 21 heavy (non-hydrogen) atoms. The van der Waals surface area contributed by atoms with Crippen LogP contribution < -0.4 is 5.32 Å². The molecule has 0 saturated heterocycles. The lowest BCUT2D eigenvalue weighted by Crippen LogP contribution is -2.34. The highest BCUT2D eigenvalue weighted by Gasteiger charge is 2.31. The molecule has 0 aliphatic heterocycles. The maximum atomic E-state index is 12.0. The van der Waals surface area contributed by atoms with Crippen LogP contribution in [0.5, 0.6) is 0 Å². The molecule has 1 fully saturated rings. The predicted molar refractivity (Wildman–Crippen MR) is 82.5 cm³/mol. The van der Waals surface area contributed by atoms with E-state index in [2.05, 4.69) is 21.2 Å². The zero-order chi connectivity index (χ0) is 15.4. The first-order chi connectivity index (χ1) is 9.99. The van der Waals surface area contributed by atoms with E-state index in [9.17, 15) is 9.59 Å². The Hall–Kier alpha value is -1.40. The zero-order valence-corrected chi connectivity index (χ0v) is 13.4. The summed E-state index contributed by atoms with van der Waals surface area (Å²) in [5.74, 6) is -0.892. The van der Waals surface area contributed by atoms with E-state index in [4.69, 9.17) is 9.84 Å². The third-order valence-electron chi connectivity index (χ3n) is 3.56. The molecular weight excluding hydrogens is 338 g/mol. The summed E-state index contributed by atoms with van der Waals surface area (Å²) >= 11 is 3.22. The summed E-state index contributed by atoms with van der Waals surface area (Å²) in [6.45, 7) is 2.66. The Morgan fingerprint density at radius 3 is 2.76 bits per heavy atom. The molecule has 6 heteroatoms. The number of nitrogens with one attached hydrogen (secondary N) is 1. The lowest BCUT2D eigenvalue weighted by molar-refractivity contribution is -0.119. The number of carboxylic acid groups (broad SMARTS) is 1. The van der Waals surface area contributed by atoms with Crippen molar-refractivity contribution >= 4 is 33.5 Å². The molecule has 0 spiro atoms. The molecule has 1 aliphatic carbocycles. The van der Waals surface area contributed by atoms with Crippen LogP contribution in [0.15, 0.2) is 22.7 Å². The fourth-order valence-corrected chi connectivity index (χ4v) is 2.84. The van der Waals surface area contributed by atoms with Crippen molar-refractivity contribution in [2.45, 2.75) is 32.3 Å². The van der Waals surface area contributed by atoms with Crippen LogP contribution in [0.25, 0.3) is 0 Å². The number of halogens is 1. The minimum absolute atomic E-state index is 0.0820. The van der Waals surface area contributed by atoms with Gasteiger partial charge in [-0.2, -0.15) is 0 Å². The van der Waals surface area contributed by atoms with Crippen molar-refractivity contribution in [1.82, 2.24) is 0 Å². The van der Waals surface area contributed by atoms with Crippen LogP contribution in [0.2, 0.25) is 0 Å². The van der Waals surface area contributed by atoms with Gasteiger partial charge in [0, 0.05) is 17.5 Å². The van der Waals surface area contributed by atoms with Crippen LogP contribution >= 0.6 is 15.9 Å². The van der Waals surface area contributed by atoms with Crippen molar-refractivity contribution < 1.29 is 19.4 Å². The van der Waals surface area contributed by atoms with Crippen molar-refractivity contribution in [3.8, 4) is 0 Å². The zero-order valence-electron chi connectivity index (χ0n) is 11.8. The van der Waals surface area contributed by atoms with E-state index in [1.807, 2.05) is 6.92 Å². The molecule has 1 aromatic rings. The van der Waals surface area contributed by atoms with Crippen LogP contribution in [0.1, 0.15) is 36.5 Å². The molecule has 114 valence electrons. The van der Waals surface area contributed by atoms with E-state index >= 15 is 0 Å². The SMILES string of the molecule is CCOC1CC(CC(=O)Nc2ccc(Br)cc2C(=O)O)C1. The van der Waals surface area contributed by atoms with Gasteiger partial charge in [-0.3, -0.25) is 4.79 Å². The minimum atomic E-state index is -1.06. The third kappa shape index (κ3) is 4.28. The third-order valence-corrected chi connectivity index (χ3v) is 4.05. The molecule has 1 aliphatic rings. The number of ether oxygens (including phenoxy) is 1. The maximum absolute atomic E-state index is 12.0. The summed E-state index contributed by atoms with van der Waals surface area (Å²) < 4.78 is 6.12. The van der Waals surface area contributed by atoms with Gasteiger partial charge in [0.1, 0.15) is 0 Å². The molecule has 5 nitrogen and oxygen atoms in total. The molecule has 0 radical (unpaired) electrons. The summed E-state index contributed by atoms with van der Waals surface area (Å²) in [6.07, 6.45) is 2.47. The Balaban J connectivity index is 1.90. The highest BCUT2D eigenvalue weighted by Crippen LogP contribution is 2.33. The molecule has 2 N–H and O–H groups in total. The average molecular weight is 356 g/mol. The van der Waals surface area contributed by atoms with Crippen molar-refractivity contribution in [1.29, 1.82) is 0 Å². The summed E-state index contributed by atoms with van der Waals surface area (Å²) in [5, 5.41) is 11.8. The first kappa shape index (κ1) is 16.0. The van der Waals surface area contributed by atoms with Gasteiger partial charge in [-0.25, -0.2) is 4.79 Å². The van der Waals surface area contributed by atoms with Crippen LogP contribution in [0.4, 0.5) is 5.69 Å². The Labute approximate surface area is 131 Å². The number of amides is 1.